The predicted octanol–water partition coefficient (Wildman–Crippen LogP) is 4.32. The molecule has 0 saturated heterocycles. The van der Waals surface area contributed by atoms with Gasteiger partial charge in [0.05, 0.1) is 17.2 Å². The Bertz CT molecular complexity index is 821. The van der Waals surface area contributed by atoms with E-state index in [-0.39, 0.29) is 23.3 Å². The van der Waals surface area contributed by atoms with Crippen molar-refractivity contribution in [2.75, 3.05) is 13.7 Å². The Hall–Kier alpha value is -2.15. The highest BCUT2D eigenvalue weighted by molar-refractivity contribution is 6.24. The van der Waals surface area contributed by atoms with Crippen LogP contribution in [0.2, 0.25) is 0 Å². The van der Waals surface area contributed by atoms with Crippen LogP contribution in [0.25, 0.3) is 5.57 Å². The maximum absolute atomic E-state index is 13.1. The zero-order valence-corrected chi connectivity index (χ0v) is 17.4. The van der Waals surface area contributed by atoms with E-state index in [1.165, 1.54) is 0 Å². The number of benzene rings is 1. The SMILES string of the molecule is CCc1cc(OCC(C)(F)F)cc(C)c1C1=C(O)C2(CCC(OC)CC2)NC1=O. The molecule has 3 rings (SSSR count). The highest BCUT2D eigenvalue weighted by Gasteiger charge is 2.48. The molecule has 0 bridgehead atoms. The first kappa shape index (κ1) is 21.6. The zero-order chi connectivity index (χ0) is 21.4. The van der Waals surface area contributed by atoms with Crippen LogP contribution in [-0.2, 0) is 16.0 Å². The van der Waals surface area contributed by atoms with Gasteiger partial charge in [0.15, 0.2) is 6.61 Å². The van der Waals surface area contributed by atoms with E-state index in [1.54, 1.807) is 26.2 Å². The van der Waals surface area contributed by atoms with E-state index >= 15 is 0 Å². The van der Waals surface area contributed by atoms with Crippen molar-refractivity contribution in [1.82, 2.24) is 5.32 Å². The molecule has 1 fully saturated rings. The Morgan fingerprint density at radius 3 is 2.52 bits per heavy atom. The van der Waals surface area contributed by atoms with Gasteiger partial charge in [0.2, 0.25) is 0 Å². The number of methoxy groups -OCH3 is 1. The van der Waals surface area contributed by atoms with Crippen molar-refractivity contribution in [1.29, 1.82) is 0 Å². The number of aliphatic hydroxyl groups excluding tert-OH is 1. The molecule has 29 heavy (non-hydrogen) atoms. The normalized spacial score (nSPS) is 24.9. The number of halogens is 2. The molecule has 2 aliphatic rings. The minimum Gasteiger partial charge on any atom is -0.509 e. The summed E-state index contributed by atoms with van der Waals surface area (Å²) in [6.07, 6.45) is 3.44. The van der Waals surface area contributed by atoms with E-state index in [0.29, 0.717) is 36.1 Å². The number of aryl methyl sites for hydroxylation is 2. The third kappa shape index (κ3) is 4.25. The molecular weight excluding hydrogens is 380 g/mol. The summed E-state index contributed by atoms with van der Waals surface area (Å²) in [5.74, 6) is -2.83. The third-order valence-corrected chi connectivity index (χ3v) is 5.90. The molecule has 1 spiro atoms. The first-order valence-corrected chi connectivity index (χ1v) is 10.0. The van der Waals surface area contributed by atoms with Gasteiger partial charge in [0, 0.05) is 14.0 Å². The zero-order valence-electron chi connectivity index (χ0n) is 17.4. The van der Waals surface area contributed by atoms with Crippen molar-refractivity contribution in [3.05, 3.63) is 34.6 Å². The van der Waals surface area contributed by atoms with Crippen molar-refractivity contribution in [2.45, 2.75) is 70.4 Å². The van der Waals surface area contributed by atoms with Crippen LogP contribution >= 0.6 is 0 Å². The molecule has 1 aromatic rings. The number of ether oxygens (including phenoxy) is 2. The van der Waals surface area contributed by atoms with Crippen molar-refractivity contribution >= 4 is 11.5 Å². The standard InChI is InChI=1S/C22H29F2NO4/c1-5-14-11-16(29-12-21(3,23)24)10-13(2)17(14)18-19(26)22(25-20(18)27)8-6-15(28-4)7-9-22/h10-11,15,26H,5-9,12H2,1-4H3,(H,25,27). The molecule has 0 unspecified atom stereocenters. The molecule has 160 valence electrons. The maximum atomic E-state index is 13.1. The molecule has 1 heterocycles. The van der Waals surface area contributed by atoms with Crippen molar-refractivity contribution in [2.24, 2.45) is 0 Å². The van der Waals surface area contributed by atoms with Crippen LogP contribution in [0.1, 0.15) is 56.2 Å². The molecule has 1 aliphatic heterocycles. The number of nitrogens with one attached hydrogen (secondary N) is 1. The van der Waals surface area contributed by atoms with Crippen LogP contribution in [0.15, 0.2) is 17.9 Å². The Morgan fingerprint density at radius 1 is 1.31 bits per heavy atom. The van der Waals surface area contributed by atoms with E-state index in [1.807, 2.05) is 6.92 Å². The van der Waals surface area contributed by atoms with Gasteiger partial charge in [-0.3, -0.25) is 4.79 Å². The van der Waals surface area contributed by atoms with Crippen LogP contribution in [0.3, 0.4) is 0 Å². The molecule has 1 amide bonds. The topological polar surface area (TPSA) is 67.8 Å². The minimum absolute atomic E-state index is 0.0728. The van der Waals surface area contributed by atoms with Crippen molar-refractivity contribution < 1.29 is 28.2 Å². The van der Waals surface area contributed by atoms with E-state index in [2.05, 4.69) is 5.32 Å². The smallest absolute Gasteiger partial charge is 0.278 e. The fraction of sp³-hybridized carbons (Fsp3) is 0.591. The van der Waals surface area contributed by atoms with E-state index in [0.717, 1.165) is 25.3 Å². The van der Waals surface area contributed by atoms with Gasteiger partial charge in [-0.15, -0.1) is 0 Å². The van der Waals surface area contributed by atoms with Gasteiger partial charge < -0.3 is 19.9 Å². The van der Waals surface area contributed by atoms with Crippen LogP contribution in [0.5, 0.6) is 5.75 Å². The van der Waals surface area contributed by atoms with Gasteiger partial charge >= 0.3 is 0 Å². The van der Waals surface area contributed by atoms with Gasteiger partial charge in [0.1, 0.15) is 11.5 Å². The summed E-state index contributed by atoms with van der Waals surface area (Å²) in [7, 11) is 1.67. The summed E-state index contributed by atoms with van der Waals surface area (Å²) in [4.78, 5) is 12.9. The molecule has 0 atom stereocenters. The van der Waals surface area contributed by atoms with Crippen molar-refractivity contribution in [3.8, 4) is 5.75 Å². The number of carbonyl (C=O) groups is 1. The quantitative estimate of drug-likeness (QED) is 0.734. The number of hydrogen-bond donors (Lipinski definition) is 2. The molecule has 2 N–H and O–H groups in total. The Kier molecular flexibility index (Phi) is 5.90. The lowest BCUT2D eigenvalue weighted by Gasteiger charge is -2.36. The summed E-state index contributed by atoms with van der Waals surface area (Å²) >= 11 is 0. The van der Waals surface area contributed by atoms with Gasteiger partial charge in [-0.05, 0) is 67.9 Å². The molecule has 1 saturated carbocycles. The van der Waals surface area contributed by atoms with Gasteiger partial charge in [-0.1, -0.05) is 6.92 Å². The summed E-state index contributed by atoms with van der Waals surface area (Å²) in [5, 5.41) is 14.1. The lowest BCUT2D eigenvalue weighted by Crippen LogP contribution is -2.48. The second kappa shape index (κ2) is 7.94. The lowest BCUT2D eigenvalue weighted by molar-refractivity contribution is -0.116. The largest absolute Gasteiger partial charge is 0.509 e. The summed E-state index contributed by atoms with van der Waals surface area (Å²) < 4.78 is 37.0. The van der Waals surface area contributed by atoms with Crippen molar-refractivity contribution in [3.63, 3.8) is 0 Å². The predicted molar refractivity (Wildman–Crippen MR) is 106 cm³/mol. The highest BCUT2D eigenvalue weighted by atomic mass is 19.3. The summed E-state index contributed by atoms with van der Waals surface area (Å²) in [6.45, 7) is 3.80. The fourth-order valence-electron chi connectivity index (χ4n) is 4.35. The van der Waals surface area contributed by atoms with E-state index in [9.17, 15) is 18.7 Å². The number of amides is 1. The number of hydrogen-bond acceptors (Lipinski definition) is 4. The van der Waals surface area contributed by atoms with Crippen LogP contribution in [0, 0.1) is 6.92 Å². The second-order valence-electron chi connectivity index (χ2n) is 8.18. The van der Waals surface area contributed by atoms with E-state index in [4.69, 9.17) is 9.47 Å². The average molecular weight is 409 g/mol. The van der Waals surface area contributed by atoms with Crippen LogP contribution in [0.4, 0.5) is 8.78 Å². The molecule has 0 radical (unpaired) electrons. The molecule has 1 aromatic carbocycles. The molecule has 7 heteroatoms. The maximum Gasteiger partial charge on any atom is 0.278 e. The minimum atomic E-state index is -2.93. The van der Waals surface area contributed by atoms with Crippen LogP contribution < -0.4 is 10.1 Å². The third-order valence-electron chi connectivity index (χ3n) is 5.90. The first-order chi connectivity index (χ1) is 13.6. The Balaban J connectivity index is 1.97. The Morgan fingerprint density at radius 2 is 1.97 bits per heavy atom. The second-order valence-corrected chi connectivity index (χ2v) is 8.18. The fourth-order valence-corrected chi connectivity index (χ4v) is 4.35. The van der Waals surface area contributed by atoms with Crippen LogP contribution in [-0.4, -0.2) is 42.3 Å². The lowest BCUT2D eigenvalue weighted by atomic mass is 9.79. The number of rotatable bonds is 6. The first-order valence-electron chi connectivity index (χ1n) is 10.0. The van der Waals surface area contributed by atoms with Gasteiger partial charge in [-0.25, -0.2) is 8.78 Å². The highest BCUT2D eigenvalue weighted by Crippen LogP contribution is 2.43. The summed E-state index contributed by atoms with van der Waals surface area (Å²) in [6, 6.07) is 3.31. The molecule has 1 aliphatic carbocycles. The molecule has 0 aromatic heterocycles. The van der Waals surface area contributed by atoms with E-state index < -0.39 is 18.1 Å². The Labute approximate surface area is 170 Å². The van der Waals surface area contributed by atoms with Gasteiger partial charge in [-0.2, -0.15) is 0 Å². The number of aliphatic hydroxyl groups is 1. The monoisotopic (exact) mass is 409 g/mol. The molecular formula is C22H29F2NO4. The summed E-state index contributed by atoms with van der Waals surface area (Å²) in [5.41, 5.74) is 1.67. The average Bonchev–Trinajstić information content (AvgIpc) is 2.89. The van der Waals surface area contributed by atoms with Gasteiger partial charge in [0.25, 0.3) is 11.8 Å². The number of alkyl halides is 2. The number of carbonyl (C=O) groups excluding carboxylic acids is 1. The molecule has 5 nitrogen and oxygen atoms in total.